The Morgan fingerprint density at radius 3 is 1.00 bits per heavy atom. The van der Waals surface area contributed by atoms with Crippen molar-refractivity contribution in [1.29, 1.82) is 0 Å². The van der Waals surface area contributed by atoms with Crippen LogP contribution in [0.4, 0.5) is 0 Å². The highest BCUT2D eigenvalue weighted by atomic mass is 14.9. The minimum absolute atomic E-state index is 0.0744. The Bertz CT molecular complexity index is 3700. The Morgan fingerprint density at radius 2 is 0.625 bits per heavy atom. The van der Waals surface area contributed by atoms with Crippen LogP contribution in [0, 0.1) is 0 Å². The quantitative estimate of drug-likeness (QED) is 0.167. The fourth-order valence-corrected chi connectivity index (χ4v) is 11.2. The minimum Gasteiger partial charge on any atom is -0.307 e. The summed E-state index contributed by atoms with van der Waals surface area (Å²) in [6, 6.07) is 69.0. The highest BCUT2D eigenvalue weighted by molar-refractivity contribution is 6.38. The van der Waals surface area contributed by atoms with Gasteiger partial charge >= 0.3 is 0 Å². The SMILES string of the molecule is CC(C)(C)c1ccc(-c2cc3c4ccccc4n4c5c(-c6ccccc6)c6c7cc(-c8ccc(C(C)(C)C)cc8)cc8c9ccccc9n(c6c(-c6ccccc6)c5c(c2)c34)c87)cc1. The second-order valence-electron chi connectivity index (χ2n) is 20.1. The minimum atomic E-state index is 0.0744. The van der Waals surface area contributed by atoms with E-state index in [1.165, 1.54) is 132 Å². The maximum absolute atomic E-state index is 2.62. The lowest BCUT2D eigenvalue weighted by Crippen LogP contribution is -2.10. The Morgan fingerprint density at radius 1 is 0.281 bits per heavy atom. The van der Waals surface area contributed by atoms with Crippen molar-refractivity contribution in [3.8, 4) is 44.5 Å². The van der Waals surface area contributed by atoms with Crippen LogP contribution in [0.25, 0.3) is 121 Å². The molecule has 0 N–H and O–H groups in total. The normalized spacial score (nSPS) is 12.8. The lowest BCUT2D eigenvalue weighted by atomic mass is 9.85. The van der Waals surface area contributed by atoms with E-state index in [1.54, 1.807) is 0 Å². The van der Waals surface area contributed by atoms with Gasteiger partial charge in [-0.15, -0.1) is 0 Å². The van der Waals surface area contributed by atoms with E-state index in [-0.39, 0.29) is 10.8 Å². The van der Waals surface area contributed by atoms with Crippen molar-refractivity contribution >= 4 is 76.2 Å². The molecule has 0 unspecified atom stereocenters. The van der Waals surface area contributed by atoms with Gasteiger partial charge in [-0.25, -0.2) is 0 Å². The van der Waals surface area contributed by atoms with Crippen LogP contribution in [-0.4, -0.2) is 8.80 Å². The van der Waals surface area contributed by atoms with Crippen molar-refractivity contribution in [1.82, 2.24) is 8.80 Å². The molecule has 4 aromatic heterocycles. The molecule has 0 aliphatic carbocycles. The second-order valence-corrected chi connectivity index (χ2v) is 20.1. The summed E-state index contributed by atoms with van der Waals surface area (Å²) in [5.41, 5.74) is 20.3. The van der Waals surface area contributed by atoms with Gasteiger partial charge in [-0.1, -0.05) is 187 Å². The molecule has 0 atom stereocenters. The molecule has 4 heterocycles. The summed E-state index contributed by atoms with van der Waals surface area (Å²) in [5.74, 6) is 0. The topological polar surface area (TPSA) is 8.82 Å². The summed E-state index contributed by atoms with van der Waals surface area (Å²) in [5, 5.41) is 10.3. The predicted octanol–water partition coefficient (Wildman–Crippen LogP) is 17.2. The molecule has 0 aliphatic heterocycles. The highest BCUT2D eigenvalue weighted by Gasteiger charge is 2.31. The first-order valence-corrected chi connectivity index (χ1v) is 22.8. The number of para-hydroxylation sites is 2. The Hall–Kier alpha value is -7.42. The van der Waals surface area contributed by atoms with Gasteiger partial charge in [-0.2, -0.15) is 0 Å². The van der Waals surface area contributed by atoms with Crippen LogP contribution >= 0.6 is 0 Å². The average molecular weight is 821 g/mol. The molecule has 13 aromatic rings. The van der Waals surface area contributed by atoms with E-state index >= 15 is 0 Å². The van der Waals surface area contributed by atoms with Crippen molar-refractivity contribution in [3.05, 3.63) is 193 Å². The standard InChI is InChI=1S/C62H48N2/c1-61(2,3)43-29-25-37(26-30-43)41-33-47-45-21-13-15-23-51(45)63-57(47)49(35-41)55-53(39-17-9-7-10-18-39)60-56(54(59(55)63)40-19-11-8-12-20-40)50-36-42(38-27-31-44(32-28-38)62(4,5)6)34-48-46-22-14-16-24-52(46)64(60)58(48)50/h7-36H,1-6H3. The monoisotopic (exact) mass is 820 g/mol. The predicted molar refractivity (Wildman–Crippen MR) is 275 cm³/mol. The van der Waals surface area contributed by atoms with Crippen LogP contribution in [0.5, 0.6) is 0 Å². The molecule has 64 heavy (non-hydrogen) atoms. The molecule has 0 fully saturated rings. The maximum Gasteiger partial charge on any atom is 0.0634 e. The molecule has 2 heteroatoms. The van der Waals surface area contributed by atoms with E-state index in [9.17, 15) is 0 Å². The molecule has 9 aromatic carbocycles. The molecule has 0 saturated heterocycles. The lowest BCUT2D eigenvalue weighted by Gasteiger charge is -2.19. The largest absolute Gasteiger partial charge is 0.307 e. The van der Waals surface area contributed by atoms with Crippen LogP contribution in [0.15, 0.2) is 182 Å². The van der Waals surface area contributed by atoms with E-state index < -0.39 is 0 Å². The van der Waals surface area contributed by atoms with Crippen LogP contribution in [-0.2, 0) is 10.8 Å². The molecule has 0 aliphatic rings. The van der Waals surface area contributed by atoms with Gasteiger partial charge < -0.3 is 8.80 Å². The Balaban J connectivity index is 1.29. The van der Waals surface area contributed by atoms with Gasteiger partial charge in [-0.3, -0.25) is 0 Å². The number of benzene rings is 9. The van der Waals surface area contributed by atoms with Gasteiger partial charge in [-0.05, 0) is 91.7 Å². The van der Waals surface area contributed by atoms with E-state index in [2.05, 4.69) is 232 Å². The van der Waals surface area contributed by atoms with Crippen molar-refractivity contribution < 1.29 is 0 Å². The summed E-state index contributed by atoms with van der Waals surface area (Å²) >= 11 is 0. The van der Waals surface area contributed by atoms with E-state index in [0.717, 1.165) is 0 Å². The van der Waals surface area contributed by atoms with Gasteiger partial charge in [0.05, 0.1) is 33.1 Å². The number of fused-ring (bicyclic) bond motifs is 12. The summed E-state index contributed by atoms with van der Waals surface area (Å²) in [4.78, 5) is 0. The van der Waals surface area contributed by atoms with Gasteiger partial charge in [0.2, 0.25) is 0 Å². The summed E-state index contributed by atoms with van der Waals surface area (Å²) < 4.78 is 5.24. The molecule has 306 valence electrons. The first kappa shape index (κ1) is 37.2. The Labute approximate surface area is 373 Å². The van der Waals surface area contributed by atoms with Gasteiger partial charge in [0.15, 0.2) is 0 Å². The number of aromatic nitrogens is 2. The van der Waals surface area contributed by atoms with Crippen LogP contribution in [0.1, 0.15) is 52.7 Å². The van der Waals surface area contributed by atoms with Crippen molar-refractivity contribution in [2.75, 3.05) is 0 Å². The zero-order chi connectivity index (χ0) is 43.2. The van der Waals surface area contributed by atoms with Gasteiger partial charge in [0, 0.05) is 54.2 Å². The summed E-state index contributed by atoms with van der Waals surface area (Å²) in [7, 11) is 0. The molecule has 0 spiro atoms. The number of nitrogens with zero attached hydrogens (tertiary/aromatic N) is 2. The average Bonchev–Trinajstić information content (AvgIpc) is 4.04. The lowest BCUT2D eigenvalue weighted by molar-refractivity contribution is 0.590. The number of hydrogen-bond donors (Lipinski definition) is 0. The van der Waals surface area contributed by atoms with E-state index in [1.807, 2.05) is 0 Å². The third kappa shape index (κ3) is 5.14. The molecule has 0 bridgehead atoms. The highest BCUT2D eigenvalue weighted by Crippen LogP contribution is 2.55. The van der Waals surface area contributed by atoms with E-state index in [0.29, 0.717) is 0 Å². The molecule has 2 nitrogen and oxygen atoms in total. The maximum atomic E-state index is 2.62. The number of hydrogen-bond acceptors (Lipinski definition) is 0. The second kappa shape index (κ2) is 13.1. The molecule has 0 saturated carbocycles. The molecular formula is C62H48N2. The van der Waals surface area contributed by atoms with Gasteiger partial charge in [0.1, 0.15) is 0 Å². The summed E-state index contributed by atoms with van der Waals surface area (Å²) in [6.45, 7) is 13.7. The van der Waals surface area contributed by atoms with Crippen LogP contribution < -0.4 is 0 Å². The summed E-state index contributed by atoms with van der Waals surface area (Å²) in [6.07, 6.45) is 0. The first-order valence-electron chi connectivity index (χ1n) is 22.8. The first-order chi connectivity index (χ1) is 31.0. The molecular weight excluding hydrogens is 773 g/mol. The smallest absolute Gasteiger partial charge is 0.0634 e. The van der Waals surface area contributed by atoms with Crippen molar-refractivity contribution in [2.45, 2.75) is 52.4 Å². The van der Waals surface area contributed by atoms with Crippen molar-refractivity contribution in [3.63, 3.8) is 0 Å². The fraction of sp³-hybridized carbons (Fsp3) is 0.129. The third-order valence-electron chi connectivity index (χ3n) is 14.3. The fourth-order valence-electron chi connectivity index (χ4n) is 11.2. The van der Waals surface area contributed by atoms with Crippen LogP contribution in [0.3, 0.4) is 0 Å². The molecule has 13 rings (SSSR count). The third-order valence-corrected chi connectivity index (χ3v) is 14.3. The number of rotatable bonds is 4. The molecule has 0 radical (unpaired) electrons. The molecule has 0 amide bonds. The Kier molecular flexibility index (Phi) is 7.59. The zero-order valence-corrected chi connectivity index (χ0v) is 37.2. The zero-order valence-electron chi connectivity index (χ0n) is 37.2. The van der Waals surface area contributed by atoms with E-state index in [4.69, 9.17) is 0 Å². The van der Waals surface area contributed by atoms with Gasteiger partial charge in [0.25, 0.3) is 0 Å². The van der Waals surface area contributed by atoms with Crippen LogP contribution in [0.2, 0.25) is 0 Å². The van der Waals surface area contributed by atoms with Crippen molar-refractivity contribution in [2.24, 2.45) is 0 Å².